The first-order chi connectivity index (χ1) is 11.7. The van der Waals surface area contributed by atoms with Crippen molar-refractivity contribution in [3.05, 3.63) is 65.5 Å². The average Bonchev–Trinajstić information content (AvgIpc) is 3.08. The smallest absolute Gasteiger partial charge is 0.217 e. The van der Waals surface area contributed by atoms with Crippen molar-refractivity contribution < 1.29 is 4.79 Å². The number of likely N-dealkylation sites (tertiary alicyclic amines) is 1. The highest BCUT2D eigenvalue weighted by atomic mass is 16.1. The molecule has 3 rings (SSSR count). The molecular formula is C20H25N3O. The van der Waals surface area contributed by atoms with Crippen molar-refractivity contribution in [2.24, 2.45) is 0 Å². The summed E-state index contributed by atoms with van der Waals surface area (Å²) in [5, 5.41) is 2.82. The van der Waals surface area contributed by atoms with Gasteiger partial charge in [0.05, 0.1) is 12.2 Å². The first kappa shape index (κ1) is 16.7. The fourth-order valence-corrected chi connectivity index (χ4v) is 3.40. The minimum Gasteiger partial charge on any atom is -0.351 e. The molecular weight excluding hydrogens is 298 g/mol. The SMILES string of the molecule is CC(=O)NCc1cc([C@H]2CCCN2CCc2ccccc2)ccn1. The zero-order valence-corrected chi connectivity index (χ0v) is 14.2. The maximum Gasteiger partial charge on any atom is 0.217 e. The summed E-state index contributed by atoms with van der Waals surface area (Å²) in [7, 11) is 0. The highest BCUT2D eigenvalue weighted by Gasteiger charge is 2.25. The van der Waals surface area contributed by atoms with E-state index < -0.39 is 0 Å². The summed E-state index contributed by atoms with van der Waals surface area (Å²) in [5.41, 5.74) is 3.64. The van der Waals surface area contributed by atoms with Crippen LogP contribution in [-0.4, -0.2) is 28.9 Å². The van der Waals surface area contributed by atoms with Crippen LogP contribution < -0.4 is 5.32 Å². The lowest BCUT2D eigenvalue weighted by Crippen LogP contribution is -2.26. The van der Waals surface area contributed by atoms with Gasteiger partial charge in [0, 0.05) is 25.7 Å². The molecule has 0 unspecified atom stereocenters. The number of nitrogens with one attached hydrogen (secondary N) is 1. The molecule has 1 aromatic heterocycles. The molecule has 1 aliphatic rings. The van der Waals surface area contributed by atoms with Crippen LogP contribution in [0.5, 0.6) is 0 Å². The quantitative estimate of drug-likeness (QED) is 0.888. The maximum absolute atomic E-state index is 11.1. The van der Waals surface area contributed by atoms with Crippen molar-refractivity contribution in [1.29, 1.82) is 0 Å². The van der Waals surface area contributed by atoms with Gasteiger partial charge >= 0.3 is 0 Å². The van der Waals surface area contributed by atoms with Crippen molar-refractivity contribution in [2.75, 3.05) is 13.1 Å². The number of pyridine rings is 1. The second kappa shape index (κ2) is 8.06. The minimum absolute atomic E-state index is 0.0208. The lowest BCUT2D eigenvalue weighted by Gasteiger charge is -2.25. The molecule has 4 nitrogen and oxygen atoms in total. The van der Waals surface area contributed by atoms with E-state index in [1.54, 1.807) is 0 Å². The van der Waals surface area contributed by atoms with E-state index in [-0.39, 0.29) is 5.91 Å². The topological polar surface area (TPSA) is 45.2 Å². The third kappa shape index (κ3) is 4.42. The van der Waals surface area contributed by atoms with E-state index in [1.165, 1.54) is 30.9 Å². The number of carbonyl (C=O) groups is 1. The Balaban J connectivity index is 1.64. The molecule has 1 fully saturated rings. The number of aromatic nitrogens is 1. The molecule has 0 bridgehead atoms. The standard InChI is InChI=1S/C20H25N3O/c1-16(24)22-15-19-14-18(9-11-21-19)20-8-5-12-23(20)13-10-17-6-3-2-4-7-17/h2-4,6-7,9,11,14,20H,5,8,10,12-13,15H2,1H3,(H,22,24)/t20-/m1/s1. The number of benzene rings is 1. The van der Waals surface area contributed by atoms with Crippen molar-refractivity contribution >= 4 is 5.91 Å². The van der Waals surface area contributed by atoms with Crippen LogP contribution >= 0.6 is 0 Å². The highest BCUT2D eigenvalue weighted by molar-refractivity contribution is 5.72. The van der Waals surface area contributed by atoms with E-state index in [2.05, 4.69) is 57.7 Å². The van der Waals surface area contributed by atoms with Gasteiger partial charge in [-0.3, -0.25) is 14.7 Å². The molecule has 0 spiro atoms. The van der Waals surface area contributed by atoms with E-state index >= 15 is 0 Å². The van der Waals surface area contributed by atoms with Crippen LogP contribution in [0.4, 0.5) is 0 Å². The summed E-state index contributed by atoms with van der Waals surface area (Å²) in [5.74, 6) is -0.0208. The molecule has 1 amide bonds. The molecule has 1 aliphatic heterocycles. The van der Waals surface area contributed by atoms with Crippen LogP contribution in [-0.2, 0) is 17.8 Å². The van der Waals surface area contributed by atoms with E-state index in [1.807, 2.05) is 6.20 Å². The Morgan fingerprint density at radius 1 is 1.29 bits per heavy atom. The molecule has 0 aliphatic carbocycles. The summed E-state index contributed by atoms with van der Waals surface area (Å²) < 4.78 is 0. The Morgan fingerprint density at radius 3 is 2.92 bits per heavy atom. The normalized spacial score (nSPS) is 17.8. The van der Waals surface area contributed by atoms with Gasteiger partial charge in [0.1, 0.15) is 0 Å². The summed E-state index contributed by atoms with van der Waals surface area (Å²) in [6.45, 7) is 4.27. The summed E-state index contributed by atoms with van der Waals surface area (Å²) >= 11 is 0. The first-order valence-electron chi connectivity index (χ1n) is 8.69. The molecule has 1 atom stereocenters. The third-order valence-electron chi connectivity index (χ3n) is 4.64. The van der Waals surface area contributed by atoms with Gasteiger partial charge in [0.25, 0.3) is 0 Å². The van der Waals surface area contributed by atoms with Gasteiger partial charge < -0.3 is 5.32 Å². The molecule has 1 aromatic carbocycles. The van der Waals surface area contributed by atoms with Gasteiger partial charge in [-0.2, -0.15) is 0 Å². The Hall–Kier alpha value is -2.20. The number of nitrogens with zero attached hydrogens (tertiary/aromatic N) is 2. The number of hydrogen-bond donors (Lipinski definition) is 1. The van der Waals surface area contributed by atoms with Crippen LogP contribution in [0.15, 0.2) is 48.7 Å². The van der Waals surface area contributed by atoms with Crippen molar-refractivity contribution in [3.8, 4) is 0 Å². The third-order valence-corrected chi connectivity index (χ3v) is 4.64. The van der Waals surface area contributed by atoms with E-state index in [4.69, 9.17) is 0 Å². The molecule has 24 heavy (non-hydrogen) atoms. The van der Waals surface area contributed by atoms with Crippen molar-refractivity contribution in [3.63, 3.8) is 0 Å². The minimum atomic E-state index is -0.0208. The molecule has 1 N–H and O–H groups in total. The second-order valence-corrected chi connectivity index (χ2v) is 6.42. The zero-order chi connectivity index (χ0) is 16.8. The Bertz CT molecular complexity index is 672. The monoisotopic (exact) mass is 323 g/mol. The largest absolute Gasteiger partial charge is 0.351 e. The molecule has 2 aromatic rings. The van der Waals surface area contributed by atoms with Crippen LogP contribution in [0.1, 0.15) is 42.6 Å². The lowest BCUT2D eigenvalue weighted by molar-refractivity contribution is -0.119. The van der Waals surface area contributed by atoms with Crippen molar-refractivity contribution in [2.45, 2.75) is 38.8 Å². The maximum atomic E-state index is 11.1. The number of rotatable bonds is 6. The van der Waals surface area contributed by atoms with E-state index in [9.17, 15) is 4.79 Å². The van der Waals surface area contributed by atoms with Gasteiger partial charge in [-0.05, 0) is 49.1 Å². The van der Waals surface area contributed by atoms with Crippen molar-refractivity contribution in [1.82, 2.24) is 15.2 Å². The molecule has 0 radical (unpaired) electrons. The summed E-state index contributed by atoms with van der Waals surface area (Å²) in [6, 6.07) is 15.4. The average molecular weight is 323 g/mol. The van der Waals surface area contributed by atoms with Gasteiger partial charge in [-0.25, -0.2) is 0 Å². The summed E-state index contributed by atoms with van der Waals surface area (Å²) in [4.78, 5) is 18.0. The Labute approximate surface area is 143 Å². The van der Waals surface area contributed by atoms with Gasteiger partial charge in [0.15, 0.2) is 0 Å². The van der Waals surface area contributed by atoms with E-state index in [0.717, 1.165) is 25.2 Å². The summed E-state index contributed by atoms with van der Waals surface area (Å²) in [6.07, 6.45) is 5.38. The second-order valence-electron chi connectivity index (χ2n) is 6.42. The molecule has 1 saturated heterocycles. The molecule has 4 heteroatoms. The predicted octanol–water partition coefficient (Wildman–Crippen LogP) is 3.10. The van der Waals surface area contributed by atoms with Crippen LogP contribution in [0.3, 0.4) is 0 Å². The molecule has 126 valence electrons. The van der Waals surface area contributed by atoms with Gasteiger partial charge in [-0.15, -0.1) is 0 Å². The Kier molecular flexibility index (Phi) is 5.59. The Morgan fingerprint density at radius 2 is 2.12 bits per heavy atom. The fourth-order valence-electron chi connectivity index (χ4n) is 3.40. The molecule has 2 heterocycles. The van der Waals surface area contributed by atoms with Crippen LogP contribution in [0, 0.1) is 0 Å². The molecule has 0 saturated carbocycles. The number of amides is 1. The first-order valence-corrected chi connectivity index (χ1v) is 8.69. The number of hydrogen-bond acceptors (Lipinski definition) is 3. The predicted molar refractivity (Wildman–Crippen MR) is 95.5 cm³/mol. The van der Waals surface area contributed by atoms with E-state index in [0.29, 0.717) is 12.6 Å². The number of carbonyl (C=O) groups excluding carboxylic acids is 1. The fraction of sp³-hybridized carbons (Fsp3) is 0.400. The van der Waals surface area contributed by atoms with Gasteiger partial charge in [-0.1, -0.05) is 30.3 Å². The van der Waals surface area contributed by atoms with Gasteiger partial charge in [0.2, 0.25) is 5.91 Å². The zero-order valence-electron chi connectivity index (χ0n) is 14.2. The lowest BCUT2D eigenvalue weighted by atomic mass is 10.0. The van der Waals surface area contributed by atoms with Crippen LogP contribution in [0.2, 0.25) is 0 Å². The van der Waals surface area contributed by atoms with Crippen LogP contribution in [0.25, 0.3) is 0 Å². The highest BCUT2D eigenvalue weighted by Crippen LogP contribution is 2.31.